The predicted molar refractivity (Wildman–Crippen MR) is 127 cm³/mol. The van der Waals surface area contributed by atoms with E-state index in [9.17, 15) is 18.0 Å². The molecule has 8 heteroatoms. The molecule has 0 saturated carbocycles. The Labute approximate surface area is 193 Å². The second kappa shape index (κ2) is 9.72. The van der Waals surface area contributed by atoms with Gasteiger partial charge in [0.25, 0.3) is 5.56 Å². The smallest absolute Gasteiger partial charge is 0.251 e. The van der Waals surface area contributed by atoms with Crippen molar-refractivity contribution in [1.29, 1.82) is 0 Å². The number of hydrogen-bond donors (Lipinski definition) is 1. The maximum atomic E-state index is 12.8. The van der Waals surface area contributed by atoms with Gasteiger partial charge in [0.05, 0.1) is 10.9 Å². The van der Waals surface area contributed by atoms with Crippen LogP contribution in [0.1, 0.15) is 31.4 Å². The van der Waals surface area contributed by atoms with E-state index in [4.69, 9.17) is 0 Å². The highest BCUT2D eigenvalue weighted by Gasteiger charge is 2.27. The van der Waals surface area contributed by atoms with Crippen molar-refractivity contribution in [3.05, 3.63) is 88.8 Å². The van der Waals surface area contributed by atoms with Gasteiger partial charge < -0.3 is 9.88 Å². The fourth-order valence-electron chi connectivity index (χ4n) is 3.98. The molecular weight excluding hydrogens is 438 g/mol. The Morgan fingerprint density at radius 2 is 1.58 bits per heavy atom. The number of nitrogens with zero attached hydrogens (tertiary/aromatic N) is 2. The lowest BCUT2D eigenvalue weighted by Gasteiger charge is -2.17. The maximum Gasteiger partial charge on any atom is 0.251 e. The number of carbonyl (C=O) groups excluding carboxylic acids is 1. The van der Waals surface area contributed by atoms with Crippen molar-refractivity contribution >= 4 is 15.9 Å². The molecule has 2 aromatic carbocycles. The van der Waals surface area contributed by atoms with Gasteiger partial charge in [0.2, 0.25) is 15.9 Å². The van der Waals surface area contributed by atoms with Gasteiger partial charge >= 0.3 is 0 Å². The van der Waals surface area contributed by atoms with Gasteiger partial charge in [-0.1, -0.05) is 54.6 Å². The molecule has 1 saturated heterocycles. The van der Waals surface area contributed by atoms with Crippen molar-refractivity contribution < 1.29 is 13.2 Å². The summed E-state index contributed by atoms with van der Waals surface area (Å²) in [6, 6.07) is 20.2. The van der Waals surface area contributed by atoms with Crippen molar-refractivity contribution in [2.24, 2.45) is 0 Å². The molecule has 0 bridgehead atoms. The first-order chi connectivity index (χ1) is 15.8. The summed E-state index contributed by atoms with van der Waals surface area (Å²) >= 11 is 0. The van der Waals surface area contributed by atoms with Crippen LogP contribution in [0.2, 0.25) is 0 Å². The van der Waals surface area contributed by atoms with Crippen molar-refractivity contribution in [2.75, 3.05) is 13.1 Å². The Bertz CT molecular complexity index is 1280. The van der Waals surface area contributed by atoms with Crippen LogP contribution >= 0.6 is 0 Å². The topological polar surface area (TPSA) is 88.5 Å². The molecule has 7 nitrogen and oxygen atoms in total. The van der Waals surface area contributed by atoms with Gasteiger partial charge in [0.1, 0.15) is 6.54 Å². The minimum absolute atomic E-state index is 0.0290. The van der Waals surface area contributed by atoms with E-state index in [1.807, 2.05) is 61.5 Å². The zero-order chi connectivity index (χ0) is 23.4. The highest BCUT2D eigenvalue weighted by Crippen LogP contribution is 2.22. The van der Waals surface area contributed by atoms with Gasteiger partial charge in [-0.25, -0.2) is 8.42 Å². The Morgan fingerprint density at radius 3 is 2.24 bits per heavy atom. The summed E-state index contributed by atoms with van der Waals surface area (Å²) in [5, 5.41) is 2.89. The van der Waals surface area contributed by atoms with E-state index in [-0.39, 0.29) is 23.4 Å². The first kappa shape index (κ1) is 22.9. The number of sulfonamides is 1. The van der Waals surface area contributed by atoms with E-state index in [2.05, 4.69) is 5.32 Å². The fourth-order valence-corrected chi connectivity index (χ4v) is 5.52. The third-order valence-electron chi connectivity index (χ3n) is 5.87. The van der Waals surface area contributed by atoms with E-state index in [1.54, 1.807) is 0 Å². The van der Waals surface area contributed by atoms with E-state index in [0.29, 0.717) is 13.1 Å². The summed E-state index contributed by atoms with van der Waals surface area (Å²) in [4.78, 5) is 24.9. The minimum atomic E-state index is -3.66. The van der Waals surface area contributed by atoms with E-state index in [1.165, 1.54) is 22.6 Å². The Hall–Kier alpha value is -3.23. The number of carbonyl (C=O) groups is 1. The summed E-state index contributed by atoms with van der Waals surface area (Å²) in [7, 11) is -3.66. The molecule has 3 aromatic rings. The number of benzene rings is 2. The van der Waals surface area contributed by atoms with Gasteiger partial charge in [-0.2, -0.15) is 4.31 Å². The van der Waals surface area contributed by atoms with Crippen molar-refractivity contribution in [1.82, 2.24) is 14.2 Å². The van der Waals surface area contributed by atoms with Crippen LogP contribution in [0.15, 0.2) is 82.6 Å². The third-order valence-corrected chi connectivity index (χ3v) is 7.75. The number of aromatic nitrogens is 1. The van der Waals surface area contributed by atoms with Crippen LogP contribution in [0.5, 0.6) is 0 Å². The SMILES string of the molecule is C[C@@H](NC(=O)Cn1cc(S(=O)(=O)N2CCCC2)ccc1=O)c1ccc(-c2ccccc2)cc1. The molecule has 1 N–H and O–H groups in total. The van der Waals surface area contributed by atoms with Gasteiger partial charge in [0.15, 0.2) is 0 Å². The molecule has 1 aromatic heterocycles. The van der Waals surface area contributed by atoms with Gasteiger partial charge in [-0.05, 0) is 42.5 Å². The molecule has 0 spiro atoms. The Balaban J connectivity index is 1.44. The van der Waals surface area contributed by atoms with Gasteiger partial charge in [0, 0.05) is 25.4 Å². The lowest BCUT2D eigenvalue weighted by Crippen LogP contribution is -2.34. The number of nitrogens with one attached hydrogen (secondary N) is 1. The molecule has 2 heterocycles. The first-order valence-electron chi connectivity index (χ1n) is 11.0. The largest absolute Gasteiger partial charge is 0.348 e. The molecule has 1 fully saturated rings. The summed E-state index contributed by atoms with van der Waals surface area (Å²) in [6.45, 7) is 2.56. The summed E-state index contributed by atoms with van der Waals surface area (Å²) in [5.74, 6) is -0.368. The predicted octanol–water partition coefficient (Wildman–Crippen LogP) is 3.18. The van der Waals surface area contributed by atoms with Crippen molar-refractivity contribution in [3.8, 4) is 11.1 Å². The first-order valence-corrected chi connectivity index (χ1v) is 12.4. The van der Waals surface area contributed by atoms with Crippen LogP contribution in [0, 0.1) is 0 Å². The monoisotopic (exact) mass is 465 g/mol. The molecule has 33 heavy (non-hydrogen) atoms. The average molecular weight is 466 g/mol. The molecule has 1 aliphatic rings. The van der Waals surface area contributed by atoms with Crippen molar-refractivity contribution in [3.63, 3.8) is 0 Å². The minimum Gasteiger partial charge on any atom is -0.348 e. The fraction of sp³-hybridized carbons (Fsp3) is 0.280. The molecule has 4 rings (SSSR count). The molecule has 1 aliphatic heterocycles. The normalized spacial score (nSPS) is 15.3. The molecule has 1 amide bonds. The third kappa shape index (κ3) is 5.23. The summed E-state index contributed by atoms with van der Waals surface area (Å²) in [5.41, 5.74) is 2.70. The van der Waals surface area contributed by atoms with Crippen molar-refractivity contribution in [2.45, 2.75) is 37.2 Å². The lowest BCUT2D eigenvalue weighted by molar-refractivity contribution is -0.122. The Kier molecular flexibility index (Phi) is 6.76. The number of hydrogen-bond acceptors (Lipinski definition) is 4. The van der Waals surface area contributed by atoms with Gasteiger partial charge in [-0.15, -0.1) is 0 Å². The lowest BCUT2D eigenvalue weighted by atomic mass is 10.0. The molecule has 1 atom stereocenters. The standard InChI is InChI=1S/C25H27N3O4S/c1-19(20-9-11-22(12-10-20)21-7-3-2-4-8-21)26-24(29)18-27-17-23(13-14-25(27)30)33(31,32)28-15-5-6-16-28/h2-4,7-14,17,19H,5-6,15-16,18H2,1H3,(H,26,29)/t19-/m1/s1. The summed E-state index contributed by atoms with van der Waals surface area (Å²) < 4.78 is 28.1. The van der Waals surface area contributed by atoms with Crippen LogP contribution < -0.4 is 10.9 Å². The molecule has 0 radical (unpaired) electrons. The second-order valence-electron chi connectivity index (χ2n) is 8.22. The Morgan fingerprint density at radius 1 is 0.939 bits per heavy atom. The van der Waals surface area contributed by atoms with Crippen LogP contribution in [-0.4, -0.2) is 36.3 Å². The molecule has 0 aliphatic carbocycles. The number of rotatable bonds is 7. The summed E-state index contributed by atoms with van der Waals surface area (Å²) in [6.07, 6.45) is 2.91. The quantitative estimate of drug-likeness (QED) is 0.581. The van der Waals surface area contributed by atoms with Gasteiger partial charge in [-0.3, -0.25) is 9.59 Å². The van der Waals surface area contributed by atoms with E-state index in [0.717, 1.165) is 34.1 Å². The number of amides is 1. The van der Waals surface area contributed by atoms with E-state index < -0.39 is 15.6 Å². The molecule has 0 unspecified atom stereocenters. The molecular formula is C25H27N3O4S. The van der Waals surface area contributed by atoms with Crippen LogP contribution in [0.25, 0.3) is 11.1 Å². The zero-order valence-electron chi connectivity index (χ0n) is 18.5. The molecule has 172 valence electrons. The highest BCUT2D eigenvalue weighted by atomic mass is 32.2. The van der Waals surface area contributed by atoms with Crippen LogP contribution in [0.3, 0.4) is 0 Å². The zero-order valence-corrected chi connectivity index (χ0v) is 19.3. The highest BCUT2D eigenvalue weighted by molar-refractivity contribution is 7.89. The van der Waals surface area contributed by atoms with E-state index >= 15 is 0 Å². The average Bonchev–Trinajstić information content (AvgIpc) is 3.37. The van der Waals surface area contributed by atoms with Crippen LogP contribution in [-0.2, 0) is 21.4 Å². The maximum absolute atomic E-state index is 12.8. The van der Waals surface area contributed by atoms with Crippen LogP contribution in [0.4, 0.5) is 0 Å². The second-order valence-corrected chi connectivity index (χ2v) is 10.2. The number of pyridine rings is 1.